The first-order chi connectivity index (χ1) is 5.49. The van der Waals surface area contributed by atoms with Gasteiger partial charge in [-0.3, -0.25) is 0 Å². The number of allylic oxidation sites excluding steroid dienone is 2. The molecule has 0 rings (SSSR count). The van der Waals surface area contributed by atoms with Crippen molar-refractivity contribution in [2.45, 2.75) is 13.8 Å². The number of nitrogens with zero attached hydrogens (tertiary/aromatic N) is 1. The number of hydrogen-bond donors (Lipinski definition) is 0. The third-order valence-corrected chi connectivity index (χ3v) is 1.59. The van der Waals surface area contributed by atoms with Crippen LogP contribution in [0.4, 0.5) is 0 Å². The summed E-state index contributed by atoms with van der Waals surface area (Å²) in [5.41, 5.74) is 1.49. The van der Waals surface area contributed by atoms with Crippen LogP contribution < -0.4 is 0 Å². The molecule has 0 aromatic rings. The Balaban J connectivity index is 4.72. The predicted molar refractivity (Wildman–Crippen MR) is 58.5 cm³/mol. The minimum atomic E-state index is 0.0670. The van der Waals surface area contributed by atoms with E-state index in [4.69, 9.17) is 0 Å². The number of ketones is 1. The summed E-state index contributed by atoms with van der Waals surface area (Å²) in [4.78, 5) is 14.9. The maximum atomic E-state index is 10.9. The number of Topliss-reactive ketones (excluding diaryl/α,β-unsaturated/α-hetero) is 1. The normalized spacial score (nSPS) is 12.8. The fourth-order valence-corrected chi connectivity index (χ4v) is 0.685. The summed E-state index contributed by atoms with van der Waals surface area (Å²) in [5, 5.41) is 0.873. The summed E-state index contributed by atoms with van der Waals surface area (Å²) in [6.07, 6.45) is 1.75. The van der Waals surface area contributed by atoms with Crippen LogP contribution in [0.3, 0.4) is 0 Å². The van der Waals surface area contributed by atoms with Crippen molar-refractivity contribution < 1.29 is 4.79 Å². The van der Waals surface area contributed by atoms with Gasteiger partial charge in [-0.2, -0.15) is 0 Å². The van der Waals surface area contributed by atoms with Crippen LogP contribution in [0.2, 0.25) is 0 Å². The Morgan fingerprint density at radius 1 is 1.50 bits per heavy atom. The molecule has 0 aromatic heterocycles. The van der Waals surface area contributed by atoms with Crippen LogP contribution in [0, 0.1) is 0 Å². The van der Waals surface area contributed by atoms with Gasteiger partial charge in [0.25, 0.3) is 0 Å². The van der Waals surface area contributed by atoms with Crippen LogP contribution in [-0.2, 0) is 4.79 Å². The van der Waals surface area contributed by atoms with Gasteiger partial charge in [0.2, 0.25) is 0 Å². The van der Waals surface area contributed by atoms with E-state index in [1.165, 1.54) is 6.92 Å². The zero-order valence-electron chi connectivity index (χ0n) is 8.14. The van der Waals surface area contributed by atoms with Gasteiger partial charge in [0, 0.05) is 0 Å². The van der Waals surface area contributed by atoms with Crippen LogP contribution in [0.1, 0.15) is 13.8 Å². The molecule has 0 fully saturated rings. The number of carbonyl (C=O) groups excluding carboxylic acids is 1. The summed E-state index contributed by atoms with van der Waals surface area (Å²) >= 11 is 0. The van der Waals surface area contributed by atoms with Gasteiger partial charge in [0.1, 0.15) is 0 Å². The second kappa shape index (κ2) is 4.86. The molecule has 0 saturated carbocycles. The monoisotopic (exact) mass is 161 g/mol. The molecule has 0 atom stereocenters. The second-order valence-corrected chi connectivity index (χ2v) is 2.77. The van der Waals surface area contributed by atoms with Crippen molar-refractivity contribution >= 4 is 32.2 Å². The van der Waals surface area contributed by atoms with Crippen molar-refractivity contribution in [2.75, 3.05) is 7.05 Å². The molecular formula is C8H13B2NO. The average Bonchev–Trinajstić information content (AvgIpc) is 1.98. The Hall–Kier alpha value is -0.920. The fourth-order valence-electron chi connectivity index (χ4n) is 0.685. The number of aliphatic imine (C=N–C) groups is 1. The summed E-state index contributed by atoms with van der Waals surface area (Å²) in [7, 11) is 7.31. The molecule has 0 heterocycles. The van der Waals surface area contributed by atoms with Crippen molar-refractivity contribution in [2.24, 2.45) is 4.99 Å². The van der Waals surface area contributed by atoms with E-state index in [1.54, 1.807) is 20.0 Å². The third kappa shape index (κ3) is 3.46. The topological polar surface area (TPSA) is 29.4 Å². The van der Waals surface area contributed by atoms with Gasteiger partial charge in [0.05, 0.1) is 0 Å². The Bertz CT molecular complexity index is 266. The molecule has 62 valence electrons. The molecule has 0 aliphatic rings. The van der Waals surface area contributed by atoms with Crippen molar-refractivity contribution in [3.05, 3.63) is 11.6 Å². The molecule has 0 bridgehead atoms. The minimum absolute atomic E-state index is 0.0670. The molecule has 0 aromatic carbocycles. The Morgan fingerprint density at radius 3 is 2.25 bits per heavy atom. The van der Waals surface area contributed by atoms with Crippen LogP contribution >= 0.6 is 0 Å². The molecule has 0 saturated heterocycles. The van der Waals surface area contributed by atoms with E-state index < -0.39 is 0 Å². The van der Waals surface area contributed by atoms with Crippen LogP contribution in [0.15, 0.2) is 16.6 Å². The Kier molecular flexibility index (Phi) is 4.48. The van der Waals surface area contributed by atoms with E-state index in [1.807, 2.05) is 7.85 Å². The fraction of sp³-hybridized carbons (Fsp3) is 0.375. The van der Waals surface area contributed by atoms with Gasteiger partial charge < -0.3 is 0 Å². The molecule has 0 unspecified atom stereocenters. The van der Waals surface area contributed by atoms with Crippen LogP contribution in [-0.4, -0.2) is 39.2 Å². The molecule has 0 amide bonds. The number of carbonyl (C=O) groups is 1. The third-order valence-electron chi connectivity index (χ3n) is 1.59. The Morgan fingerprint density at radius 2 is 2.00 bits per heavy atom. The van der Waals surface area contributed by atoms with Crippen molar-refractivity contribution in [1.82, 2.24) is 0 Å². The van der Waals surface area contributed by atoms with Crippen molar-refractivity contribution in [3.8, 4) is 0 Å². The molecule has 0 aliphatic carbocycles. The van der Waals surface area contributed by atoms with Gasteiger partial charge in [-0.25, -0.2) is 0 Å². The van der Waals surface area contributed by atoms with E-state index in [0.717, 1.165) is 11.1 Å². The van der Waals surface area contributed by atoms with E-state index in [2.05, 4.69) is 12.5 Å². The number of hydrogen-bond acceptors (Lipinski definition) is 2. The molecule has 0 N–H and O–H groups in total. The van der Waals surface area contributed by atoms with Gasteiger partial charge >= 0.3 is 74.5 Å². The molecule has 2 nitrogen and oxygen atoms in total. The average molecular weight is 161 g/mol. The van der Waals surface area contributed by atoms with Gasteiger partial charge in [-0.15, -0.1) is 0 Å². The van der Waals surface area contributed by atoms with E-state index in [-0.39, 0.29) is 5.78 Å². The van der Waals surface area contributed by atoms with Gasteiger partial charge in [-0.1, -0.05) is 0 Å². The van der Waals surface area contributed by atoms with Crippen molar-refractivity contribution in [3.63, 3.8) is 0 Å². The van der Waals surface area contributed by atoms with Crippen LogP contribution in [0.5, 0.6) is 0 Å². The summed E-state index contributed by atoms with van der Waals surface area (Å²) in [5.74, 6) is 0.0670. The molecular weight excluding hydrogens is 148 g/mol. The first-order valence-corrected chi connectivity index (χ1v) is 3.81. The van der Waals surface area contributed by atoms with E-state index in [9.17, 15) is 4.79 Å². The van der Waals surface area contributed by atoms with Gasteiger partial charge in [-0.05, 0) is 0 Å². The quantitative estimate of drug-likeness (QED) is 0.304. The van der Waals surface area contributed by atoms with Crippen LogP contribution in [0.25, 0.3) is 0 Å². The zero-order chi connectivity index (χ0) is 9.72. The molecule has 0 spiro atoms. The second-order valence-electron chi connectivity index (χ2n) is 2.77. The van der Waals surface area contributed by atoms with E-state index in [0.29, 0.717) is 5.57 Å². The molecule has 0 aliphatic heterocycles. The molecule has 0 radical (unpaired) electrons. The SMILES string of the molecule is B=C(B)C(/C=C(\C)C(C)=O)=N/C. The molecule has 4 heteroatoms. The van der Waals surface area contributed by atoms with Gasteiger partial charge in [0.15, 0.2) is 0 Å². The molecule has 12 heavy (non-hydrogen) atoms. The standard InChI is InChI=1S/C8H13B2NO/c1-5(6(2)12)4-7(11-3)8(9)10/h4,9H,10H2,1-3H3/b5-4+,11-7+. The first-order valence-electron chi connectivity index (χ1n) is 3.81. The summed E-state index contributed by atoms with van der Waals surface area (Å²) < 4.78 is 0. The Labute approximate surface area is 75.3 Å². The summed E-state index contributed by atoms with van der Waals surface area (Å²) in [6.45, 7) is 3.31. The summed E-state index contributed by atoms with van der Waals surface area (Å²) in [6, 6.07) is 0. The predicted octanol–water partition coefficient (Wildman–Crippen LogP) is -0.744. The van der Waals surface area contributed by atoms with Crippen molar-refractivity contribution in [1.29, 1.82) is 0 Å². The number of rotatable bonds is 3. The first kappa shape index (κ1) is 11.1. The maximum absolute atomic E-state index is 10.9. The van der Waals surface area contributed by atoms with E-state index >= 15 is 0 Å². The zero-order valence-corrected chi connectivity index (χ0v) is 8.14.